The van der Waals surface area contributed by atoms with E-state index < -0.39 is 11.2 Å². The van der Waals surface area contributed by atoms with Gasteiger partial charge in [-0.15, -0.1) is 0 Å². The van der Waals surface area contributed by atoms with Gasteiger partial charge in [0.2, 0.25) is 0 Å². The molecule has 0 spiro atoms. The molecule has 0 aromatic heterocycles. The van der Waals surface area contributed by atoms with Gasteiger partial charge in [0, 0.05) is 12.8 Å². The van der Waals surface area contributed by atoms with E-state index in [1.807, 2.05) is 0 Å². The minimum atomic E-state index is -0.654. The van der Waals surface area contributed by atoms with E-state index in [-0.39, 0.29) is 12.2 Å². The number of benzene rings is 4. The lowest BCUT2D eigenvalue weighted by atomic mass is 9.79. The molecule has 4 aromatic rings. The van der Waals surface area contributed by atoms with Gasteiger partial charge in [0.15, 0.2) is 0 Å². The van der Waals surface area contributed by atoms with Gasteiger partial charge in [-0.25, -0.2) is 0 Å². The van der Waals surface area contributed by atoms with Crippen LogP contribution >= 0.6 is 0 Å². The van der Waals surface area contributed by atoms with Gasteiger partial charge in [0.25, 0.3) is 0 Å². The molecule has 2 aliphatic rings. The van der Waals surface area contributed by atoms with E-state index in [1.54, 1.807) is 0 Å². The monoisotopic (exact) mass is 462 g/mol. The minimum absolute atomic E-state index is 0.0253. The summed E-state index contributed by atoms with van der Waals surface area (Å²) in [4.78, 5) is 0. The Morgan fingerprint density at radius 3 is 1.14 bits per heavy atom. The molecule has 6 rings (SSSR count). The van der Waals surface area contributed by atoms with Gasteiger partial charge in [-0.3, -0.25) is 0 Å². The van der Waals surface area contributed by atoms with E-state index in [0.717, 1.165) is 24.0 Å². The molecule has 0 bridgehead atoms. The van der Waals surface area contributed by atoms with Crippen molar-refractivity contribution in [3.8, 4) is 0 Å². The Hall–Kier alpha value is -3.24. The van der Waals surface area contributed by atoms with Gasteiger partial charge in [-0.05, 0) is 22.3 Å². The molecule has 176 valence electrons. The summed E-state index contributed by atoms with van der Waals surface area (Å²) in [6.45, 7) is 1.37. The first-order chi connectivity index (χ1) is 17.3. The van der Waals surface area contributed by atoms with E-state index in [4.69, 9.17) is 14.2 Å². The zero-order chi connectivity index (χ0) is 23.6. The summed E-state index contributed by atoms with van der Waals surface area (Å²) in [7, 11) is 0. The van der Waals surface area contributed by atoms with E-state index in [1.165, 1.54) is 11.1 Å². The predicted molar refractivity (Wildman–Crippen MR) is 137 cm³/mol. The molecular formula is C32H30O3. The molecule has 35 heavy (non-hydrogen) atoms. The third kappa shape index (κ3) is 4.55. The summed E-state index contributed by atoms with van der Waals surface area (Å²) in [5, 5.41) is 0. The highest BCUT2D eigenvalue weighted by atomic mass is 16.6. The summed E-state index contributed by atoms with van der Waals surface area (Å²) < 4.78 is 19.7. The van der Waals surface area contributed by atoms with Crippen LogP contribution in [0, 0.1) is 0 Å². The molecule has 2 saturated heterocycles. The number of hydrogen-bond acceptors (Lipinski definition) is 3. The second-order valence-electron chi connectivity index (χ2n) is 9.58. The maximum Gasteiger partial charge on any atom is 0.127 e. The molecule has 0 N–H and O–H groups in total. The topological polar surface area (TPSA) is 34.3 Å². The van der Waals surface area contributed by atoms with Crippen LogP contribution in [0.3, 0.4) is 0 Å². The van der Waals surface area contributed by atoms with Crippen molar-refractivity contribution < 1.29 is 14.2 Å². The molecule has 0 saturated carbocycles. The first kappa shape index (κ1) is 22.2. The fourth-order valence-corrected chi connectivity index (χ4v) is 5.32. The Morgan fingerprint density at radius 2 is 0.829 bits per heavy atom. The van der Waals surface area contributed by atoms with Crippen LogP contribution in [0.15, 0.2) is 121 Å². The molecule has 4 unspecified atom stereocenters. The molecule has 0 amide bonds. The van der Waals surface area contributed by atoms with Crippen molar-refractivity contribution in [1.82, 2.24) is 0 Å². The van der Waals surface area contributed by atoms with Gasteiger partial charge in [0.1, 0.15) is 23.4 Å². The van der Waals surface area contributed by atoms with Gasteiger partial charge in [-0.1, -0.05) is 121 Å². The van der Waals surface area contributed by atoms with E-state index >= 15 is 0 Å². The standard InChI is InChI=1S/C32H30O3/c1-5-13-25(14-6-1)21-31(29-23-33-29,27-17-9-3-10-18-27)35-32(30-24-34-30,28-19-11-4-12-20-28)22-26-15-7-2-8-16-26/h1-20,29-30H,21-24H2. The van der Waals surface area contributed by atoms with Crippen LogP contribution in [0.5, 0.6) is 0 Å². The van der Waals surface area contributed by atoms with Crippen molar-refractivity contribution >= 4 is 0 Å². The first-order valence-corrected chi connectivity index (χ1v) is 12.4. The first-order valence-electron chi connectivity index (χ1n) is 12.4. The van der Waals surface area contributed by atoms with Crippen molar-refractivity contribution in [3.05, 3.63) is 144 Å². The molecule has 2 aliphatic heterocycles. The van der Waals surface area contributed by atoms with Crippen LogP contribution in [0.4, 0.5) is 0 Å². The molecular weight excluding hydrogens is 432 g/mol. The zero-order valence-corrected chi connectivity index (χ0v) is 19.8. The SMILES string of the molecule is c1ccc(CC(OC(Cc2ccccc2)(c2ccccc2)C2CO2)(c2ccccc2)C2CO2)cc1. The van der Waals surface area contributed by atoms with Crippen LogP contribution in [0.25, 0.3) is 0 Å². The highest BCUT2D eigenvalue weighted by Crippen LogP contribution is 2.50. The molecule has 4 aromatic carbocycles. The molecule has 3 heteroatoms. The Kier molecular flexibility index (Phi) is 5.99. The zero-order valence-electron chi connectivity index (χ0n) is 19.8. The van der Waals surface area contributed by atoms with Gasteiger partial charge >= 0.3 is 0 Å². The average molecular weight is 463 g/mol. The fourth-order valence-electron chi connectivity index (χ4n) is 5.32. The number of rotatable bonds is 10. The minimum Gasteiger partial charge on any atom is -0.370 e. The second kappa shape index (κ2) is 9.43. The number of epoxide rings is 2. The fraction of sp³-hybridized carbons (Fsp3) is 0.250. The lowest BCUT2D eigenvalue weighted by Gasteiger charge is -2.44. The summed E-state index contributed by atoms with van der Waals surface area (Å²) in [5.74, 6) is 0. The molecule has 3 nitrogen and oxygen atoms in total. The van der Waals surface area contributed by atoms with E-state index in [9.17, 15) is 0 Å². The Bertz CT molecular complexity index is 1120. The van der Waals surface area contributed by atoms with Crippen LogP contribution in [0.2, 0.25) is 0 Å². The van der Waals surface area contributed by atoms with E-state index in [0.29, 0.717) is 13.2 Å². The average Bonchev–Trinajstić information content (AvgIpc) is 3.83. The molecule has 2 heterocycles. The van der Waals surface area contributed by atoms with Crippen LogP contribution in [0.1, 0.15) is 22.3 Å². The normalized spacial score (nSPS) is 22.1. The number of ether oxygens (including phenoxy) is 3. The summed E-state index contributed by atoms with van der Waals surface area (Å²) in [6, 6.07) is 42.4. The Labute approximate surface area is 207 Å². The molecule has 0 aliphatic carbocycles. The van der Waals surface area contributed by atoms with E-state index in [2.05, 4.69) is 121 Å². The summed E-state index contributed by atoms with van der Waals surface area (Å²) >= 11 is 0. The smallest absolute Gasteiger partial charge is 0.127 e. The Balaban J connectivity index is 1.52. The second-order valence-corrected chi connectivity index (χ2v) is 9.58. The van der Waals surface area contributed by atoms with Gasteiger partial charge < -0.3 is 14.2 Å². The predicted octanol–water partition coefficient (Wildman–Crippen LogP) is 6.08. The molecule has 2 fully saturated rings. The van der Waals surface area contributed by atoms with Crippen molar-refractivity contribution in [2.45, 2.75) is 36.3 Å². The third-order valence-electron chi connectivity index (χ3n) is 7.22. The third-order valence-corrected chi connectivity index (χ3v) is 7.22. The maximum atomic E-state index is 7.60. The van der Waals surface area contributed by atoms with Crippen LogP contribution in [-0.4, -0.2) is 25.4 Å². The summed E-state index contributed by atoms with van der Waals surface area (Å²) in [6.07, 6.45) is 1.39. The van der Waals surface area contributed by atoms with Crippen LogP contribution in [-0.2, 0) is 38.3 Å². The van der Waals surface area contributed by atoms with Crippen molar-refractivity contribution in [3.63, 3.8) is 0 Å². The molecule has 0 radical (unpaired) electrons. The highest BCUT2D eigenvalue weighted by Gasteiger charge is 2.59. The number of hydrogen-bond donors (Lipinski definition) is 0. The Morgan fingerprint density at radius 1 is 0.514 bits per heavy atom. The molecule has 4 atom stereocenters. The van der Waals surface area contributed by atoms with Crippen LogP contribution < -0.4 is 0 Å². The quantitative estimate of drug-likeness (QED) is 0.268. The largest absolute Gasteiger partial charge is 0.370 e. The lowest BCUT2D eigenvalue weighted by molar-refractivity contribution is -0.189. The summed E-state index contributed by atoms with van der Waals surface area (Å²) in [5.41, 5.74) is 3.43. The maximum absolute atomic E-state index is 7.60. The van der Waals surface area contributed by atoms with Crippen molar-refractivity contribution in [2.24, 2.45) is 0 Å². The van der Waals surface area contributed by atoms with Crippen molar-refractivity contribution in [2.75, 3.05) is 13.2 Å². The van der Waals surface area contributed by atoms with Gasteiger partial charge in [0.05, 0.1) is 13.2 Å². The van der Waals surface area contributed by atoms with Gasteiger partial charge in [-0.2, -0.15) is 0 Å². The van der Waals surface area contributed by atoms with Crippen molar-refractivity contribution in [1.29, 1.82) is 0 Å². The highest BCUT2D eigenvalue weighted by molar-refractivity contribution is 5.35. The lowest BCUT2D eigenvalue weighted by Crippen LogP contribution is -2.50.